The molecule has 1 saturated carbocycles. The number of benzene rings is 1. The summed E-state index contributed by atoms with van der Waals surface area (Å²) in [6.07, 6.45) is 8.56. The monoisotopic (exact) mass is 290 g/mol. The highest BCUT2D eigenvalue weighted by Crippen LogP contribution is 2.30. The minimum Gasteiger partial charge on any atom is -0.366 e. The van der Waals surface area contributed by atoms with Crippen LogP contribution in [0.5, 0.6) is 0 Å². The number of anilines is 1. The third kappa shape index (κ3) is 3.76. The number of piperidine rings is 1. The van der Waals surface area contributed by atoms with Crippen molar-refractivity contribution in [3.05, 3.63) is 29.6 Å². The van der Waals surface area contributed by atoms with E-state index in [1.165, 1.54) is 44.9 Å². The fourth-order valence-corrected chi connectivity index (χ4v) is 3.39. The third-order valence-corrected chi connectivity index (χ3v) is 4.74. The van der Waals surface area contributed by atoms with Crippen molar-refractivity contribution >= 4 is 5.69 Å². The Morgan fingerprint density at radius 2 is 2.10 bits per heavy atom. The lowest BCUT2D eigenvalue weighted by molar-refractivity contribution is 0.429. The Labute approximate surface area is 127 Å². The van der Waals surface area contributed by atoms with Crippen LogP contribution >= 0.6 is 0 Å². The molecule has 3 rings (SSSR count). The average molecular weight is 290 g/mol. The Kier molecular flexibility index (Phi) is 4.79. The number of hydrogen-bond acceptors (Lipinski definition) is 2. The highest BCUT2D eigenvalue weighted by atomic mass is 19.1. The van der Waals surface area contributed by atoms with E-state index in [2.05, 4.69) is 23.2 Å². The quantitative estimate of drug-likeness (QED) is 0.843. The summed E-state index contributed by atoms with van der Waals surface area (Å²) < 4.78 is 14.5. The second-order valence-corrected chi connectivity index (χ2v) is 6.57. The molecule has 1 N–H and O–H groups in total. The summed E-state index contributed by atoms with van der Waals surface area (Å²) in [4.78, 5) is 2.31. The smallest absolute Gasteiger partial charge is 0.146 e. The van der Waals surface area contributed by atoms with E-state index in [4.69, 9.17) is 0 Å². The van der Waals surface area contributed by atoms with Crippen LogP contribution in [0.2, 0.25) is 0 Å². The molecule has 0 radical (unpaired) electrons. The number of rotatable bonds is 6. The lowest BCUT2D eigenvalue weighted by atomic mass is 9.97. The van der Waals surface area contributed by atoms with Crippen LogP contribution in [0.1, 0.15) is 57.4 Å². The van der Waals surface area contributed by atoms with Crippen molar-refractivity contribution in [3.63, 3.8) is 0 Å². The van der Waals surface area contributed by atoms with Crippen molar-refractivity contribution in [2.24, 2.45) is 0 Å². The maximum absolute atomic E-state index is 14.5. The summed E-state index contributed by atoms with van der Waals surface area (Å²) >= 11 is 0. The van der Waals surface area contributed by atoms with Crippen LogP contribution < -0.4 is 10.2 Å². The van der Waals surface area contributed by atoms with Gasteiger partial charge in [-0.2, -0.15) is 0 Å². The van der Waals surface area contributed by atoms with E-state index in [1.807, 2.05) is 6.07 Å². The van der Waals surface area contributed by atoms with Crippen LogP contribution in [-0.2, 0) is 6.54 Å². The zero-order valence-corrected chi connectivity index (χ0v) is 13.1. The van der Waals surface area contributed by atoms with E-state index in [-0.39, 0.29) is 5.82 Å². The second kappa shape index (κ2) is 6.78. The Balaban J connectivity index is 1.70. The maximum atomic E-state index is 14.5. The van der Waals surface area contributed by atoms with E-state index < -0.39 is 0 Å². The molecule has 0 bridgehead atoms. The first-order valence-electron chi connectivity index (χ1n) is 8.56. The lowest BCUT2D eigenvalue weighted by Gasteiger charge is -2.38. The van der Waals surface area contributed by atoms with Crippen LogP contribution in [0.3, 0.4) is 0 Å². The molecule has 1 aliphatic carbocycles. The molecule has 0 aromatic heterocycles. The molecule has 1 atom stereocenters. The van der Waals surface area contributed by atoms with Gasteiger partial charge in [-0.1, -0.05) is 19.4 Å². The molecule has 1 aromatic rings. The molecule has 2 fully saturated rings. The van der Waals surface area contributed by atoms with Gasteiger partial charge in [-0.25, -0.2) is 4.39 Å². The summed E-state index contributed by atoms with van der Waals surface area (Å²) in [5.41, 5.74) is 1.87. The van der Waals surface area contributed by atoms with Crippen molar-refractivity contribution in [3.8, 4) is 0 Å². The first-order valence-corrected chi connectivity index (χ1v) is 8.56. The molecule has 3 heteroatoms. The SMILES string of the molecule is CCCC1CCCCN1c1ccc(CNC2CC2)cc1F. The highest BCUT2D eigenvalue weighted by molar-refractivity contribution is 5.50. The fraction of sp³-hybridized carbons (Fsp3) is 0.667. The largest absolute Gasteiger partial charge is 0.366 e. The average Bonchev–Trinajstić information content (AvgIpc) is 3.31. The van der Waals surface area contributed by atoms with Crippen LogP contribution in [-0.4, -0.2) is 18.6 Å². The zero-order chi connectivity index (χ0) is 14.7. The molecule has 2 aliphatic rings. The van der Waals surface area contributed by atoms with Crippen LogP contribution in [0, 0.1) is 5.82 Å². The zero-order valence-electron chi connectivity index (χ0n) is 13.1. The molecule has 116 valence electrons. The van der Waals surface area contributed by atoms with E-state index in [9.17, 15) is 4.39 Å². The van der Waals surface area contributed by atoms with Crippen molar-refractivity contribution in [1.82, 2.24) is 5.32 Å². The van der Waals surface area contributed by atoms with Gasteiger partial charge < -0.3 is 10.2 Å². The molecule has 0 spiro atoms. The van der Waals surface area contributed by atoms with E-state index in [0.717, 1.165) is 24.3 Å². The minimum absolute atomic E-state index is 0.0481. The van der Waals surface area contributed by atoms with Crippen molar-refractivity contribution in [2.45, 2.75) is 70.5 Å². The standard InChI is InChI=1S/C18H27FN2/c1-2-5-16-6-3-4-11-21(16)18-10-7-14(12-17(18)19)13-20-15-8-9-15/h7,10,12,15-16,20H,2-6,8-9,11,13H2,1H3. The molecule has 1 unspecified atom stereocenters. The molecular formula is C18H27FN2. The fourth-order valence-electron chi connectivity index (χ4n) is 3.39. The summed E-state index contributed by atoms with van der Waals surface area (Å²) in [5.74, 6) is -0.0481. The van der Waals surface area contributed by atoms with Gasteiger partial charge in [0.05, 0.1) is 5.69 Å². The molecule has 1 aliphatic heterocycles. The van der Waals surface area contributed by atoms with Gasteiger partial charge in [0.1, 0.15) is 5.82 Å². The van der Waals surface area contributed by atoms with Crippen LogP contribution in [0.4, 0.5) is 10.1 Å². The van der Waals surface area contributed by atoms with Crippen molar-refractivity contribution in [2.75, 3.05) is 11.4 Å². The highest BCUT2D eigenvalue weighted by Gasteiger charge is 2.24. The summed E-state index contributed by atoms with van der Waals surface area (Å²) in [6, 6.07) is 7.00. The molecule has 1 heterocycles. The van der Waals surface area contributed by atoms with E-state index in [0.29, 0.717) is 12.1 Å². The Morgan fingerprint density at radius 1 is 1.24 bits per heavy atom. The second-order valence-electron chi connectivity index (χ2n) is 6.57. The molecule has 2 nitrogen and oxygen atoms in total. The first-order chi connectivity index (χ1) is 10.3. The van der Waals surface area contributed by atoms with Gasteiger partial charge in [0.2, 0.25) is 0 Å². The topological polar surface area (TPSA) is 15.3 Å². The van der Waals surface area contributed by atoms with E-state index >= 15 is 0 Å². The molecule has 1 saturated heterocycles. The molecular weight excluding hydrogens is 263 g/mol. The molecule has 1 aromatic carbocycles. The van der Waals surface area contributed by atoms with Gasteiger partial charge in [0.15, 0.2) is 0 Å². The third-order valence-electron chi connectivity index (χ3n) is 4.74. The van der Waals surface area contributed by atoms with Gasteiger partial charge in [0.25, 0.3) is 0 Å². The lowest BCUT2D eigenvalue weighted by Crippen LogP contribution is -2.40. The number of nitrogens with zero attached hydrogens (tertiary/aromatic N) is 1. The number of hydrogen-bond donors (Lipinski definition) is 1. The van der Waals surface area contributed by atoms with Gasteiger partial charge in [-0.3, -0.25) is 0 Å². The minimum atomic E-state index is -0.0481. The predicted molar refractivity (Wildman–Crippen MR) is 86.2 cm³/mol. The van der Waals surface area contributed by atoms with Crippen LogP contribution in [0.25, 0.3) is 0 Å². The summed E-state index contributed by atoms with van der Waals surface area (Å²) in [7, 11) is 0. The predicted octanol–water partition coefficient (Wildman–Crippen LogP) is 4.24. The molecule has 0 amide bonds. The van der Waals surface area contributed by atoms with Gasteiger partial charge >= 0.3 is 0 Å². The first kappa shape index (κ1) is 14.8. The van der Waals surface area contributed by atoms with Gasteiger partial charge in [-0.05, 0) is 56.2 Å². The number of halogens is 1. The normalized spacial score (nSPS) is 22.6. The van der Waals surface area contributed by atoms with Crippen LogP contribution in [0.15, 0.2) is 18.2 Å². The number of nitrogens with one attached hydrogen (secondary N) is 1. The van der Waals surface area contributed by atoms with Crippen molar-refractivity contribution < 1.29 is 4.39 Å². The van der Waals surface area contributed by atoms with Gasteiger partial charge in [0, 0.05) is 25.2 Å². The summed E-state index contributed by atoms with van der Waals surface area (Å²) in [6.45, 7) is 4.01. The Bertz CT molecular complexity index is 468. The van der Waals surface area contributed by atoms with E-state index in [1.54, 1.807) is 6.07 Å². The maximum Gasteiger partial charge on any atom is 0.146 e. The summed E-state index contributed by atoms with van der Waals surface area (Å²) in [5, 5.41) is 3.45. The Hall–Kier alpha value is -1.09. The molecule has 21 heavy (non-hydrogen) atoms. The Morgan fingerprint density at radius 3 is 2.81 bits per heavy atom. The van der Waals surface area contributed by atoms with Gasteiger partial charge in [-0.15, -0.1) is 0 Å². The van der Waals surface area contributed by atoms with Crippen molar-refractivity contribution in [1.29, 1.82) is 0 Å².